The summed E-state index contributed by atoms with van der Waals surface area (Å²) in [5, 5.41) is 20.1. The number of quaternary nitrogens is 1. The number of aromatic nitrogens is 3. The molecule has 3 rings (SSSR count). The highest BCUT2D eigenvalue weighted by Crippen LogP contribution is 2.26. The highest BCUT2D eigenvalue weighted by molar-refractivity contribution is 6.29. The van der Waals surface area contributed by atoms with Crippen molar-refractivity contribution in [2.75, 3.05) is 13.1 Å². The molecule has 2 aromatic heterocycles. The largest absolute Gasteiger partial charge is 0.542 e. The Labute approximate surface area is 144 Å². The number of alkyl halides is 4. The second-order valence-corrected chi connectivity index (χ2v) is 6.08. The summed E-state index contributed by atoms with van der Waals surface area (Å²) in [6.45, 7) is 2.06. The fraction of sp³-hybridized carbons (Fsp3) is 0.500. The molecule has 0 radical (unpaired) electrons. The van der Waals surface area contributed by atoms with Crippen LogP contribution in [0.15, 0.2) is 18.3 Å². The van der Waals surface area contributed by atoms with E-state index in [2.05, 4.69) is 15.5 Å². The molecule has 0 saturated carbocycles. The molecule has 0 amide bonds. The smallest absolute Gasteiger partial charge is 0.430 e. The zero-order chi connectivity index (χ0) is 18.7. The molecule has 1 saturated heterocycles. The van der Waals surface area contributed by atoms with Gasteiger partial charge in [-0.1, -0.05) is 11.6 Å². The number of rotatable bonds is 2. The van der Waals surface area contributed by atoms with Gasteiger partial charge >= 0.3 is 6.18 Å². The number of hydrogen-bond donors (Lipinski definition) is 1. The Morgan fingerprint density at radius 2 is 1.96 bits per heavy atom. The normalized spacial score (nSPS) is 17.0. The lowest BCUT2D eigenvalue weighted by Gasteiger charge is -2.28. The fourth-order valence-corrected chi connectivity index (χ4v) is 2.70. The van der Waals surface area contributed by atoms with Crippen molar-refractivity contribution in [3.63, 3.8) is 0 Å². The fourth-order valence-electron chi connectivity index (χ4n) is 2.54. The average molecular weight is 383 g/mol. The minimum atomic E-state index is -5.19. The molecule has 0 spiro atoms. The summed E-state index contributed by atoms with van der Waals surface area (Å²) in [7, 11) is 0. The topological polar surface area (TPSA) is 87.5 Å². The molecule has 0 unspecified atom stereocenters. The van der Waals surface area contributed by atoms with Crippen LogP contribution in [0, 0.1) is 0 Å². The second kappa shape index (κ2) is 7.52. The van der Waals surface area contributed by atoms with Gasteiger partial charge in [-0.15, -0.1) is 10.2 Å². The third-order valence-corrected chi connectivity index (χ3v) is 3.94. The van der Waals surface area contributed by atoms with Crippen LogP contribution in [-0.2, 0) is 11.3 Å². The quantitative estimate of drug-likeness (QED) is 0.764. The van der Waals surface area contributed by atoms with Crippen LogP contribution in [0.2, 0.25) is 5.15 Å². The van der Waals surface area contributed by atoms with Crippen molar-refractivity contribution >= 4 is 28.6 Å². The number of aliphatic carboxylic acids is 1. The zero-order valence-corrected chi connectivity index (χ0v) is 13.6. The minimum Gasteiger partial charge on any atom is -0.542 e. The minimum absolute atomic E-state index is 0.348. The summed E-state index contributed by atoms with van der Waals surface area (Å²) < 4.78 is 48.0. The summed E-state index contributed by atoms with van der Waals surface area (Å²) in [6, 6.07) is 3.65. The molecule has 1 aliphatic heterocycles. The number of carbonyl (C=O) groups excluding carboxylic acids is 1. The van der Waals surface area contributed by atoms with Gasteiger partial charge in [0.25, 0.3) is 0 Å². The van der Waals surface area contributed by atoms with Crippen LogP contribution in [0.3, 0.4) is 0 Å². The van der Waals surface area contributed by atoms with Crippen LogP contribution in [0.4, 0.5) is 17.6 Å². The first-order valence-electron chi connectivity index (χ1n) is 7.37. The lowest BCUT2D eigenvalue weighted by atomic mass is 9.94. The SMILES string of the molecule is FC1(Cn2ccc3cc(Cl)nnc32)CC[NH2+]CC1.O=C([O-])C(F)(F)F. The standard InChI is InChI=1S/C12H14ClFN4.C2HF3O2/c13-10-7-9-1-6-18(11(9)17-16-10)8-12(14)2-4-15-5-3-12;3-2(4,5)1(6)7/h1,6-7,15H,2-5,8H2;(H,6,7). The number of nitrogens with zero attached hydrogens (tertiary/aromatic N) is 3. The van der Waals surface area contributed by atoms with Crippen LogP contribution in [0.25, 0.3) is 11.0 Å². The van der Waals surface area contributed by atoms with Crippen molar-refractivity contribution in [2.45, 2.75) is 31.2 Å². The molecular weight excluding hydrogens is 368 g/mol. The number of carboxylic acid groups (broad SMARTS) is 1. The van der Waals surface area contributed by atoms with Gasteiger partial charge in [0.2, 0.25) is 0 Å². The summed E-state index contributed by atoms with van der Waals surface area (Å²) in [5.41, 5.74) is -0.423. The summed E-state index contributed by atoms with van der Waals surface area (Å²) in [6.07, 6.45) is -2.16. The molecule has 2 N–H and O–H groups in total. The van der Waals surface area contributed by atoms with E-state index in [1.54, 1.807) is 6.07 Å². The van der Waals surface area contributed by atoms with E-state index in [-0.39, 0.29) is 0 Å². The van der Waals surface area contributed by atoms with E-state index in [1.807, 2.05) is 16.8 Å². The van der Waals surface area contributed by atoms with Crippen LogP contribution < -0.4 is 10.4 Å². The van der Waals surface area contributed by atoms with E-state index in [0.29, 0.717) is 30.2 Å². The van der Waals surface area contributed by atoms with Crippen molar-refractivity contribution in [1.29, 1.82) is 0 Å². The molecule has 3 heterocycles. The lowest BCUT2D eigenvalue weighted by Crippen LogP contribution is -2.87. The van der Waals surface area contributed by atoms with Gasteiger partial charge in [-0.05, 0) is 12.1 Å². The van der Waals surface area contributed by atoms with Gasteiger partial charge < -0.3 is 19.8 Å². The van der Waals surface area contributed by atoms with Crippen LogP contribution in [0.5, 0.6) is 0 Å². The predicted molar refractivity (Wildman–Crippen MR) is 78.3 cm³/mol. The third-order valence-electron chi connectivity index (χ3n) is 3.76. The number of piperidine rings is 1. The summed E-state index contributed by atoms with van der Waals surface area (Å²) in [4.78, 5) is 8.78. The highest BCUT2D eigenvalue weighted by Gasteiger charge is 2.34. The van der Waals surface area contributed by atoms with E-state index in [0.717, 1.165) is 18.5 Å². The van der Waals surface area contributed by atoms with Gasteiger partial charge in [0.05, 0.1) is 19.6 Å². The highest BCUT2D eigenvalue weighted by atomic mass is 35.5. The van der Waals surface area contributed by atoms with Crippen LogP contribution in [-0.4, -0.2) is 45.7 Å². The number of nitrogens with two attached hydrogens (primary N) is 1. The van der Waals surface area contributed by atoms with Crippen molar-refractivity contribution in [3.8, 4) is 0 Å². The molecule has 0 aromatic carbocycles. The van der Waals surface area contributed by atoms with Crippen molar-refractivity contribution in [3.05, 3.63) is 23.5 Å². The van der Waals surface area contributed by atoms with Gasteiger partial charge in [0.15, 0.2) is 10.8 Å². The zero-order valence-electron chi connectivity index (χ0n) is 12.9. The lowest BCUT2D eigenvalue weighted by molar-refractivity contribution is -0.667. The predicted octanol–water partition coefficient (Wildman–Crippen LogP) is 0.449. The van der Waals surface area contributed by atoms with Gasteiger partial charge in [0, 0.05) is 24.4 Å². The monoisotopic (exact) mass is 382 g/mol. The maximum absolute atomic E-state index is 14.6. The third kappa shape index (κ3) is 5.27. The van der Waals surface area contributed by atoms with Crippen LogP contribution in [0.1, 0.15) is 12.8 Å². The van der Waals surface area contributed by atoms with Crippen molar-refractivity contribution in [2.24, 2.45) is 0 Å². The summed E-state index contributed by atoms with van der Waals surface area (Å²) in [5.74, 6) is -3.01. The number of fused-ring (bicyclic) bond motifs is 1. The molecule has 1 aliphatic rings. The van der Waals surface area contributed by atoms with E-state index < -0.39 is 17.8 Å². The van der Waals surface area contributed by atoms with Gasteiger partial charge in [0.1, 0.15) is 11.6 Å². The Balaban J connectivity index is 0.000000277. The number of halogens is 5. The van der Waals surface area contributed by atoms with Crippen molar-refractivity contribution < 1.29 is 32.8 Å². The molecule has 0 bridgehead atoms. The molecule has 25 heavy (non-hydrogen) atoms. The average Bonchev–Trinajstić information content (AvgIpc) is 2.89. The Bertz CT molecular complexity index is 744. The number of hydrogen-bond acceptors (Lipinski definition) is 4. The number of carboxylic acids is 1. The molecule has 0 aliphatic carbocycles. The first-order valence-corrected chi connectivity index (χ1v) is 7.75. The van der Waals surface area contributed by atoms with E-state index in [1.165, 1.54) is 0 Å². The Morgan fingerprint density at radius 3 is 2.52 bits per heavy atom. The molecule has 2 aromatic rings. The van der Waals surface area contributed by atoms with E-state index in [4.69, 9.17) is 21.5 Å². The van der Waals surface area contributed by atoms with Gasteiger partial charge in [-0.3, -0.25) is 0 Å². The molecule has 1 fully saturated rings. The molecule has 138 valence electrons. The second-order valence-electron chi connectivity index (χ2n) is 5.69. The van der Waals surface area contributed by atoms with E-state index >= 15 is 0 Å². The molecule has 0 atom stereocenters. The Hall–Kier alpha value is -1.94. The maximum Gasteiger partial charge on any atom is 0.430 e. The number of carbonyl (C=O) groups is 1. The van der Waals surface area contributed by atoms with Crippen LogP contribution >= 0.6 is 11.6 Å². The molecule has 11 heteroatoms. The van der Waals surface area contributed by atoms with Crippen molar-refractivity contribution in [1.82, 2.24) is 14.8 Å². The first-order chi connectivity index (χ1) is 11.6. The van der Waals surface area contributed by atoms with Gasteiger partial charge in [-0.25, -0.2) is 4.39 Å². The first kappa shape index (κ1) is 19.4. The van der Waals surface area contributed by atoms with E-state index in [9.17, 15) is 17.6 Å². The molecular formula is C14H15ClF4N4O2. The van der Waals surface area contributed by atoms with Gasteiger partial charge in [-0.2, -0.15) is 13.2 Å². The summed E-state index contributed by atoms with van der Waals surface area (Å²) >= 11 is 5.79. The Kier molecular flexibility index (Phi) is 5.83. The Morgan fingerprint density at radius 1 is 1.36 bits per heavy atom. The molecule has 6 nitrogen and oxygen atoms in total. The maximum atomic E-state index is 14.6.